The molecule has 0 radical (unpaired) electrons. The smallest absolute Gasteiger partial charge is 0.219 e. The predicted molar refractivity (Wildman–Crippen MR) is 77.8 cm³/mol. The van der Waals surface area contributed by atoms with Crippen LogP contribution in [0.2, 0.25) is 0 Å². The number of rotatable bonds is 13. The highest BCUT2D eigenvalue weighted by molar-refractivity contribution is 5.75. The van der Waals surface area contributed by atoms with Gasteiger partial charge in [0, 0.05) is 13.0 Å². The molecule has 18 heavy (non-hydrogen) atoms. The van der Waals surface area contributed by atoms with Gasteiger partial charge in [0.25, 0.3) is 0 Å². The van der Waals surface area contributed by atoms with Crippen molar-refractivity contribution in [2.24, 2.45) is 0 Å². The maximum Gasteiger partial charge on any atom is 0.219 e. The molecule has 4 heteroatoms. The van der Waals surface area contributed by atoms with Crippen LogP contribution in [0.3, 0.4) is 0 Å². The fraction of sp³-hybridized carbons (Fsp3) is 0.929. The Balaban J connectivity index is 3.10. The van der Waals surface area contributed by atoms with E-state index < -0.39 is 0 Å². The molecule has 0 saturated heterocycles. The monoisotopic (exact) mass is 257 g/mol. The number of nitrogens with one attached hydrogen (secondary N) is 3. The van der Waals surface area contributed by atoms with E-state index in [2.05, 4.69) is 16.0 Å². The van der Waals surface area contributed by atoms with Crippen LogP contribution >= 0.6 is 0 Å². The second-order valence-electron chi connectivity index (χ2n) is 4.78. The average Bonchev–Trinajstić information content (AvgIpc) is 2.38. The van der Waals surface area contributed by atoms with Crippen LogP contribution in [0.15, 0.2) is 0 Å². The molecule has 3 N–H and O–H groups in total. The Hall–Kier alpha value is -0.610. The van der Waals surface area contributed by atoms with Gasteiger partial charge in [0.05, 0.1) is 0 Å². The third-order valence-electron chi connectivity index (χ3n) is 3.01. The molecule has 0 atom stereocenters. The van der Waals surface area contributed by atoms with Gasteiger partial charge in [-0.3, -0.25) is 4.79 Å². The van der Waals surface area contributed by atoms with E-state index in [0.29, 0.717) is 6.42 Å². The van der Waals surface area contributed by atoms with Crippen LogP contribution in [-0.4, -0.2) is 39.6 Å². The average molecular weight is 257 g/mol. The standard InChI is InChI=1S/C14H31N3O/c1-15-11-8-6-4-3-5-7-10-14(18)17-13-9-12-16-2/h15-16H,3-13H2,1-2H3,(H,17,18). The van der Waals surface area contributed by atoms with Crippen LogP contribution < -0.4 is 16.0 Å². The van der Waals surface area contributed by atoms with Crippen molar-refractivity contribution in [3.8, 4) is 0 Å². The molecule has 0 fully saturated rings. The summed E-state index contributed by atoms with van der Waals surface area (Å²) < 4.78 is 0. The molecule has 0 rings (SSSR count). The molecule has 0 aromatic heterocycles. The zero-order valence-electron chi connectivity index (χ0n) is 12.2. The SMILES string of the molecule is CNCCCCCCCCC(=O)NCCCNC. The molecule has 0 aliphatic heterocycles. The van der Waals surface area contributed by atoms with Crippen molar-refractivity contribution in [3.63, 3.8) is 0 Å². The van der Waals surface area contributed by atoms with Crippen molar-refractivity contribution in [1.82, 2.24) is 16.0 Å². The number of unbranched alkanes of at least 4 members (excludes halogenated alkanes) is 5. The largest absolute Gasteiger partial charge is 0.356 e. The second-order valence-corrected chi connectivity index (χ2v) is 4.78. The quantitative estimate of drug-likeness (QED) is 0.440. The van der Waals surface area contributed by atoms with Crippen LogP contribution in [0.4, 0.5) is 0 Å². The zero-order chi connectivity index (χ0) is 13.5. The van der Waals surface area contributed by atoms with Gasteiger partial charge in [0.15, 0.2) is 0 Å². The highest BCUT2D eigenvalue weighted by Crippen LogP contribution is 2.06. The molecular formula is C14H31N3O. The van der Waals surface area contributed by atoms with Gasteiger partial charge in [-0.05, 0) is 46.4 Å². The summed E-state index contributed by atoms with van der Waals surface area (Å²) in [5, 5.41) is 9.17. The Labute approximate surface area is 112 Å². The van der Waals surface area contributed by atoms with Gasteiger partial charge >= 0.3 is 0 Å². The van der Waals surface area contributed by atoms with Gasteiger partial charge < -0.3 is 16.0 Å². The first-order valence-electron chi connectivity index (χ1n) is 7.37. The molecule has 0 spiro atoms. The van der Waals surface area contributed by atoms with E-state index in [0.717, 1.165) is 32.5 Å². The molecule has 0 saturated carbocycles. The van der Waals surface area contributed by atoms with Gasteiger partial charge in [-0.25, -0.2) is 0 Å². The molecule has 0 unspecified atom stereocenters. The van der Waals surface area contributed by atoms with Crippen LogP contribution in [0, 0.1) is 0 Å². The first-order valence-corrected chi connectivity index (χ1v) is 7.37. The van der Waals surface area contributed by atoms with E-state index in [4.69, 9.17) is 0 Å². The highest BCUT2D eigenvalue weighted by atomic mass is 16.1. The highest BCUT2D eigenvalue weighted by Gasteiger charge is 1.99. The van der Waals surface area contributed by atoms with Gasteiger partial charge in [-0.15, -0.1) is 0 Å². The Morgan fingerprint density at radius 1 is 0.722 bits per heavy atom. The second kappa shape index (κ2) is 14.5. The van der Waals surface area contributed by atoms with Crippen LogP contribution in [-0.2, 0) is 4.79 Å². The minimum absolute atomic E-state index is 0.210. The number of carbonyl (C=O) groups excluding carboxylic acids is 1. The molecular weight excluding hydrogens is 226 g/mol. The molecule has 0 aromatic carbocycles. The Morgan fingerprint density at radius 3 is 1.94 bits per heavy atom. The number of hydrogen-bond acceptors (Lipinski definition) is 3. The van der Waals surface area contributed by atoms with Crippen molar-refractivity contribution in [3.05, 3.63) is 0 Å². The van der Waals surface area contributed by atoms with Crippen molar-refractivity contribution >= 4 is 5.91 Å². The minimum atomic E-state index is 0.210. The fourth-order valence-electron chi connectivity index (χ4n) is 1.88. The number of carbonyl (C=O) groups is 1. The normalized spacial score (nSPS) is 10.6. The Morgan fingerprint density at radius 2 is 1.28 bits per heavy atom. The fourth-order valence-corrected chi connectivity index (χ4v) is 1.88. The van der Waals surface area contributed by atoms with Crippen LogP contribution in [0.25, 0.3) is 0 Å². The first-order chi connectivity index (χ1) is 8.81. The summed E-state index contributed by atoms with van der Waals surface area (Å²) >= 11 is 0. The van der Waals surface area contributed by atoms with Crippen LogP contribution in [0.5, 0.6) is 0 Å². The number of amides is 1. The lowest BCUT2D eigenvalue weighted by molar-refractivity contribution is -0.121. The van der Waals surface area contributed by atoms with Gasteiger partial charge in [-0.2, -0.15) is 0 Å². The van der Waals surface area contributed by atoms with E-state index >= 15 is 0 Å². The molecule has 0 heterocycles. The van der Waals surface area contributed by atoms with E-state index in [-0.39, 0.29) is 5.91 Å². The van der Waals surface area contributed by atoms with Crippen molar-refractivity contribution in [2.75, 3.05) is 33.7 Å². The summed E-state index contributed by atoms with van der Waals surface area (Å²) in [6.45, 7) is 2.88. The van der Waals surface area contributed by atoms with Gasteiger partial charge in [0.1, 0.15) is 0 Å². The first kappa shape index (κ1) is 17.4. The van der Waals surface area contributed by atoms with Gasteiger partial charge in [-0.1, -0.05) is 25.7 Å². The minimum Gasteiger partial charge on any atom is -0.356 e. The number of hydrogen-bond donors (Lipinski definition) is 3. The summed E-state index contributed by atoms with van der Waals surface area (Å²) in [6.07, 6.45) is 9.04. The third kappa shape index (κ3) is 13.5. The Bertz CT molecular complexity index is 186. The maximum absolute atomic E-state index is 11.4. The predicted octanol–water partition coefficient (Wildman–Crippen LogP) is 1.66. The molecule has 4 nitrogen and oxygen atoms in total. The van der Waals surface area contributed by atoms with Crippen molar-refractivity contribution in [1.29, 1.82) is 0 Å². The van der Waals surface area contributed by atoms with E-state index in [1.807, 2.05) is 14.1 Å². The molecule has 0 bridgehead atoms. The molecule has 108 valence electrons. The Kier molecular flexibility index (Phi) is 14.0. The third-order valence-corrected chi connectivity index (χ3v) is 3.01. The summed E-state index contributed by atoms with van der Waals surface area (Å²) in [5.41, 5.74) is 0. The van der Waals surface area contributed by atoms with E-state index in [1.165, 1.54) is 32.1 Å². The van der Waals surface area contributed by atoms with E-state index in [9.17, 15) is 4.79 Å². The van der Waals surface area contributed by atoms with Crippen LogP contribution in [0.1, 0.15) is 51.4 Å². The summed E-state index contributed by atoms with van der Waals surface area (Å²) in [5.74, 6) is 0.210. The molecule has 1 amide bonds. The zero-order valence-corrected chi connectivity index (χ0v) is 12.2. The topological polar surface area (TPSA) is 53.2 Å². The molecule has 0 aliphatic rings. The summed E-state index contributed by atoms with van der Waals surface area (Å²) in [7, 11) is 3.92. The van der Waals surface area contributed by atoms with Crippen molar-refractivity contribution in [2.45, 2.75) is 51.4 Å². The summed E-state index contributed by atoms with van der Waals surface area (Å²) in [6, 6.07) is 0. The maximum atomic E-state index is 11.4. The van der Waals surface area contributed by atoms with Crippen molar-refractivity contribution < 1.29 is 4.79 Å². The van der Waals surface area contributed by atoms with Gasteiger partial charge in [0.2, 0.25) is 5.91 Å². The van der Waals surface area contributed by atoms with E-state index in [1.54, 1.807) is 0 Å². The summed E-state index contributed by atoms with van der Waals surface area (Å²) in [4.78, 5) is 11.4. The molecule has 0 aromatic rings. The molecule has 0 aliphatic carbocycles. The lowest BCUT2D eigenvalue weighted by atomic mass is 10.1. The lowest BCUT2D eigenvalue weighted by Crippen LogP contribution is -2.26. The lowest BCUT2D eigenvalue weighted by Gasteiger charge is -2.05.